The summed E-state index contributed by atoms with van der Waals surface area (Å²) in [6.07, 6.45) is 1.57. The molecule has 2 amide bonds. The molecular formula is C28H28N4O3. The Balaban J connectivity index is 1.56. The van der Waals surface area contributed by atoms with Crippen LogP contribution in [0.1, 0.15) is 39.7 Å². The third kappa shape index (κ3) is 4.14. The zero-order valence-electron chi connectivity index (χ0n) is 20.3. The van der Waals surface area contributed by atoms with Crippen LogP contribution in [-0.2, 0) is 17.9 Å². The second kappa shape index (κ2) is 8.58. The molecule has 5 rings (SSSR count). The summed E-state index contributed by atoms with van der Waals surface area (Å²) in [4.78, 5) is 29.3. The van der Waals surface area contributed by atoms with Crippen molar-refractivity contribution in [2.75, 3.05) is 4.90 Å². The molecule has 0 aliphatic carbocycles. The maximum absolute atomic E-state index is 13.9. The van der Waals surface area contributed by atoms with Crippen molar-refractivity contribution in [2.45, 2.75) is 46.3 Å². The van der Waals surface area contributed by atoms with Gasteiger partial charge in [0.05, 0.1) is 12.8 Å². The Bertz CT molecular complexity index is 1400. The van der Waals surface area contributed by atoms with E-state index in [0.29, 0.717) is 29.4 Å². The highest BCUT2D eigenvalue weighted by Crippen LogP contribution is 2.35. The highest BCUT2D eigenvalue weighted by molar-refractivity contribution is 6.12. The highest BCUT2D eigenvalue weighted by Gasteiger charge is 2.49. The lowest BCUT2D eigenvalue weighted by atomic mass is 9.93. The largest absolute Gasteiger partial charge is 0.463 e. The van der Waals surface area contributed by atoms with Crippen molar-refractivity contribution in [3.05, 3.63) is 94.9 Å². The van der Waals surface area contributed by atoms with Gasteiger partial charge in [-0.3, -0.25) is 19.2 Å². The minimum atomic E-state index is -1.19. The van der Waals surface area contributed by atoms with E-state index in [-0.39, 0.29) is 18.4 Å². The molecule has 4 aromatic rings. The van der Waals surface area contributed by atoms with Crippen molar-refractivity contribution in [3.63, 3.8) is 0 Å². The lowest BCUT2D eigenvalue weighted by molar-refractivity contribution is -0.126. The van der Waals surface area contributed by atoms with E-state index in [4.69, 9.17) is 4.42 Å². The number of fused-ring (bicyclic) bond motifs is 1. The van der Waals surface area contributed by atoms with E-state index in [1.54, 1.807) is 41.0 Å². The molecule has 178 valence electrons. The molecule has 1 aliphatic heterocycles. The van der Waals surface area contributed by atoms with Gasteiger partial charge in [0.1, 0.15) is 16.9 Å². The van der Waals surface area contributed by atoms with Crippen molar-refractivity contribution in [1.29, 1.82) is 0 Å². The van der Waals surface area contributed by atoms with Crippen LogP contribution >= 0.6 is 0 Å². The number of hydrogen-bond acceptors (Lipinski definition) is 4. The van der Waals surface area contributed by atoms with Crippen LogP contribution < -0.4 is 10.2 Å². The summed E-state index contributed by atoms with van der Waals surface area (Å²) in [6, 6.07) is 19.2. The molecule has 7 heteroatoms. The van der Waals surface area contributed by atoms with E-state index in [0.717, 1.165) is 22.3 Å². The van der Waals surface area contributed by atoms with Gasteiger partial charge in [-0.25, -0.2) is 0 Å². The van der Waals surface area contributed by atoms with Crippen molar-refractivity contribution in [3.8, 4) is 11.5 Å². The zero-order valence-corrected chi connectivity index (χ0v) is 20.3. The summed E-state index contributed by atoms with van der Waals surface area (Å²) in [5.41, 5.74) is 4.63. The number of anilines is 1. The highest BCUT2D eigenvalue weighted by atomic mass is 16.3. The van der Waals surface area contributed by atoms with E-state index in [9.17, 15) is 9.59 Å². The molecule has 0 radical (unpaired) electrons. The predicted molar refractivity (Wildman–Crippen MR) is 134 cm³/mol. The summed E-state index contributed by atoms with van der Waals surface area (Å²) < 4.78 is 7.11. The Morgan fingerprint density at radius 1 is 1.03 bits per heavy atom. The Morgan fingerprint density at radius 3 is 2.49 bits per heavy atom. The first kappa shape index (κ1) is 22.7. The number of nitrogens with zero attached hydrogens (tertiary/aromatic N) is 3. The van der Waals surface area contributed by atoms with Gasteiger partial charge in [0.15, 0.2) is 5.76 Å². The van der Waals surface area contributed by atoms with Crippen LogP contribution in [0.15, 0.2) is 71.3 Å². The van der Waals surface area contributed by atoms with Crippen LogP contribution in [-0.4, -0.2) is 27.1 Å². The number of hydrogen-bond donors (Lipinski definition) is 1. The van der Waals surface area contributed by atoms with Crippen LogP contribution in [0.4, 0.5) is 5.69 Å². The molecule has 0 spiro atoms. The molecule has 0 saturated carbocycles. The first-order valence-corrected chi connectivity index (χ1v) is 11.6. The fraction of sp³-hybridized carbons (Fsp3) is 0.250. The smallest absolute Gasteiger partial charge is 0.277 e. The molecule has 3 heterocycles. The van der Waals surface area contributed by atoms with Gasteiger partial charge < -0.3 is 9.73 Å². The normalized spacial score (nSPS) is 17.4. The molecular weight excluding hydrogens is 440 g/mol. The molecule has 1 atom stereocenters. The summed E-state index contributed by atoms with van der Waals surface area (Å²) in [5, 5.41) is 7.67. The summed E-state index contributed by atoms with van der Waals surface area (Å²) in [6.45, 7) is 8.37. The SMILES string of the molecule is Cc1cccc(CNC(=O)C2(C)Cn3nc(-c4ccco4)cc3C(=O)N2c2cc(C)cc(C)c2)c1. The lowest BCUT2D eigenvalue weighted by Crippen LogP contribution is -2.64. The number of nitrogens with one attached hydrogen (secondary N) is 1. The zero-order chi connectivity index (χ0) is 24.7. The minimum Gasteiger partial charge on any atom is -0.463 e. The summed E-state index contributed by atoms with van der Waals surface area (Å²) >= 11 is 0. The molecule has 0 saturated heterocycles. The van der Waals surface area contributed by atoms with Crippen molar-refractivity contribution in [1.82, 2.24) is 15.1 Å². The fourth-order valence-corrected chi connectivity index (χ4v) is 4.81. The molecule has 2 aromatic carbocycles. The molecule has 1 N–H and O–H groups in total. The number of carbonyl (C=O) groups is 2. The van der Waals surface area contributed by atoms with Crippen molar-refractivity contribution in [2.24, 2.45) is 0 Å². The third-order valence-electron chi connectivity index (χ3n) is 6.42. The number of aryl methyl sites for hydroxylation is 3. The minimum absolute atomic E-state index is 0.210. The van der Waals surface area contributed by atoms with Crippen LogP contribution in [0.5, 0.6) is 0 Å². The van der Waals surface area contributed by atoms with Gasteiger partial charge in [-0.15, -0.1) is 0 Å². The van der Waals surface area contributed by atoms with Gasteiger partial charge >= 0.3 is 0 Å². The average Bonchev–Trinajstić information content (AvgIpc) is 3.47. The first-order valence-electron chi connectivity index (χ1n) is 11.6. The van der Waals surface area contributed by atoms with Gasteiger partial charge in [-0.05, 0) is 68.7 Å². The molecule has 2 aromatic heterocycles. The summed E-state index contributed by atoms with van der Waals surface area (Å²) in [7, 11) is 0. The number of aromatic nitrogens is 2. The van der Waals surface area contributed by atoms with Crippen molar-refractivity contribution < 1.29 is 14.0 Å². The van der Waals surface area contributed by atoms with Crippen LogP contribution in [0, 0.1) is 20.8 Å². The molecule has 1 aliphatic rings. The number of rotatable bonds is 5. The molecule has 1 unspecified atom stereocenters. The van der Waals surface area contributed by atoms with E-state index >= 15 is 0 Å². The monoisotopic (exact) mass is 468 g/mol. The second-order valence-electron chi connectivity index (χ2n) is 9.48. The Morgan fingerprint density at radius 2 is 1.80 bits per heavy atom. The average molecular weight is 469 g/mol. The van der Waals surface area contributed by atoms with Gasteiger partial charge in [0.25, 0.3) is 5.91 Å². The number of carbonyl (C=O) groups excluding carboxylic acids is 2. The van der Waals surface area contributed by atoms with E-state index in [1.807, 2.05) is 63.2 Å². The number of amides is 2. The number of furan rings is 1. The van der Waals surface area contributed by atoms with E-state index in [1.165, 1.54) is 0 Å². The summed E-state index contributed by atoms with van der Waals surface area (Å²) in [5.74, 6) is 0.0511. The topological polar surface area (TPSA) is 80.4 Å². The Hall–Kier alpha value is -4.13. The third-order valence-corrected chi connectivity index (χ3v) is 6.42. The fourth-order valence-electron chi connectivity index (χ4n) is 4.81. The molecule has 0 fully saturated rings. The quantitative estimate of drug-likeness (QED) is 0.456. The van der Waals surface area contributed by atoms with E-state index < -0.39 is 5.54 Å². The maximum Gasteiger partial charge on any atom is 0.277 e. The Labute approximate surface area is 204 Å². The first-order chi connectivity index (χ1) is 16.7. The van der Waals surface area contributed by atoms with Gasteiger partial charge in [-0.2, -0.15) is 5.10 Å². The molecule has 35 heavy (non-hydrogen) atoms. The van der Waals surface area contributed by atoms with Crippen molar-refractivity contribution >= 4 is 17.5 Å². The lowest BCUT2D eigenvalue weighted by Gasteiger charge is -2.43. The number of benzene rings is 2. The standard InChI is InChI=1S/C28H28N4O3/c1-18-7-5-8-21(12-18)16-29-27(34)28(4)17-31-24(15-23(30-31)25-9-6-10-35-25)26(33)32(28)22-13-19(2)11-20(3)14-22/h5-15H,16-17H2,1-4H3,(H,29,34). The maximum atomic E-state index is 13.9. The van der Waals surface area contributed by atoms with Crippen LogP contribution in [0.25, 0.3) is 11.5 Å². The van der Waals surface area contributed by atoms with Gasteiger partial charge in [-0.1, -0.05) is 35.9 Å². The van der Waals surface area contributed by atoms with Gasteiger partial charge in [0.2, 0.25) is 5.91 Å². The predicted octanol–water partition coefficient (Wildman–Crippen LogP) is 4.80. The van der Waals surface area contributed by atoms with Gasteiger partial charge in [0, 0.05) is 18.3 Å². The van der Waals surface area contributed by atoms with Crippen LogP contribution in [0.3, 0.4) is 0 Å². The van der Waals surface area contributed by atoms with E-state index in [2.05, 4.69) is 10.4 Å². The molecule has 7 nitrogen and oxygen atoms in total. The Kier molecular flexibility index (Phi) is 5.55. The van der Waals surface area contributed by atoms with Crippen LogP contribution in [0.2, 0.25) is 0 Å². The molecule has 0 bridgehead atoms. The second-order valence-corrected chi connectivity index (χ2v) is 9.48.